The number of carbonyl (C=O) groups is 1. The van der Waals surface area contributed by atoms with E-state index in [2.05, 4.69) is 6.92 Å². The van der Waals surface area contributed by atoms with Gasteiger partial charge < -0.3 is 0 Å². The molecule has 0 bridgehead atoms. The van der Waals surface area contributed by atoms with Crippen molar-refractivity contribution in [3.63, 3.8) is 0 Å². The van der Waals surface area contributed by atoms with Crippen molar-refractivity contribution in [2.75, 3.05) is 4.90 Å². The lowest BCUT2D eigenvalue weighted by Crippen LogP contribution is -2.20. The number of alkyl halides is 3. The van der Waals surface area contributed by atoms with Gasteiger partial charge in [0.05, 0.1) is 17.7 Å². The summed E-state index contributed by atoms with van der Waals surface area (Å²) in [6.07, 6.45) is -2.41. The van der Waals surface area contributed by atoms with Crippen LogP contribution in [0.4, 0.5) is 24.5 Å². The molecule has 0 saturated carbocycles. The van der Waals surface area contributed by atoms with Crippen LogP contribution in [0, 0.1) is 0 Å². The van der Waals surface area contributed by atoms with Gasteiger partial charge in [-0.25, -0.2) is 0 Å². The highest BCUT2D eigenvalue weighted by Crippen LogP contribution is 2.39. The first-order valence-electron chi connectivity index (χ1n) is 7.52. The lowest BCUT2D eigenvalue weighted by Gasteiger charge is -2.18. The highest BCUT2D eigenvalue weighted by molar-refractivity contribution is 6.07. The van der Waals surface area contributed by atoms with Gasteiger partial charge in [0, 0.05) is 5.69 Å². The highest BCUT2D eigenvalue weighted by atomic mass is 19.4. The van der Waals surface area contributed by atoms with Crippen LogP contribution in [0.1, 0.15) is 30.0 Å². The fourth-order valence-electron chi connectivity index (χ4n) is 2.88. The standard InChI is InChI=1S/C18H16F3NO/c1-2-3-12-4-7-15(8-5-12)22-16-9-6-14(18(19,20)21)10-13(16)11-17(22)23/h4-10H,2-3,11H2,1H3. The summed E-state index contributed by atoms with van der Waals surface area (Å²) >= 11 is 0. The zero-order valence-corrected chi connectivity index (χ0v) is 12.7. The number of carbonyl (C=O) groups excluding carboxylic acids is 1. The van der Waals surface area contributed by atoms with E-state index in [1.165, 1.54) is 16.5 Å². The van der Waals surface area contributed by atoms with Crippen molar-refractivity contribution in [1.82, 2.24) is 0 Å². The van der Waals surface area contributed by atoms with E-state index in [0.29, 0.717) is 16.9 Å². The molecule has 5 heteroatoms. The minimum Gasteiger partial charge on any atom is -0.280 e. The van der Waals surface area contributed by atoms with Crippen LogP contribution in [-0.4, -0.2) is 5.91 Å². The fourth-order valence-corrected chi connectivity index (χ4v) is 2.88. The van der Waals surface area contributed by atoms with E-state index in [0.717, 1.165) is 25.0 Å². The van der Waals surface area contributed by atoms with Crippen molar-refractivity contribution in [3.8, 4) is 0 Å². The van der Waals surface area contributed by atoms with Gasteiger partial charge in [0.25, 0.3) is 0 Å². The van der Waals surface area contributed by atoms with Crippen LogP contribution in [0.3, 0.4) is 0 Å². The van der Waals surface area contributed by atoms with E-state index in [4.69, 9.17) is 0 Å². The number of amides is 1. The number of hydrogen-bond donors (Lipinski definition) is 0. The van der Waals surface area contributed by atoms with Gasteiger partial charge in [0.2, 0.25) is 5.91 Å². The molecule has 1 heterocycles. The summed E-state index contributed by atoms with van der Waals surface area (Å²) in [7, 11) is 0. The Morgan fingerprint density at radius 1 is 1.09 bits per heavy atom. The summed E-state index contributed by atoms with van der Waals surface area (Å²) in [5.74, 6) is -0.206. The fraction of sp³-hybridized carbons (Fsp3) is 0.278. The number of aryl methyl sites for hydroxylation is 1. The molecule has 0 aliphatic carbocycles. The molecule has 0 unspecified atom stereocenters. The number of benzene rings is 2. The topological polar surface area (TPSA) is 20.3 Å². The Labute approximate surface area is 132 Å². The van der Waals surface area contributed by atoms with Gasteiger partial charge in [0.15, 0.2) is 0 Å². The van der Waals surface area contributed by atoms with Crippen LogP contribution in [0.5, 0.6) is 0 Å². The van der Waals surface area contributed by atoms with Crippen LogP contribution in [0.25, 0.3) is 0 Å². The number of nitrogens with zero attached hydrogens (tertiary/aromatic N) is 1. The van der Waals surface area contributed by atoms with Crippen molar-refractivity contribution < 1.29 is 18.0 Å². The highest BCUT2D eigenvalue weighted by Gasteiger charge is 2.34. The molecule has 3 rings (SSSR count). The zero-order valence-electron chi connectivity index (χ0n) is 12.7. The van der Waals surface area contributed by atoms with Crippen LogP contribution in [0.15, 0.2) is 42.5 Å². The Balaban J connectivity index is 1.95. The predicted molar refractivity (Wildman–Crippen MR) is 82.7 cm³/mol. The number of rotatable bonds is 3. The molecule has 2 aromatic rings. The smallest absolute Gasteiger partial charge is 0.280 e. The van der Waals surface area contributed by atoms with E-state index in [-0.39, 0.29) is 12.3 Å². The summed E-state index contributed by atoms with van der Waals surface area (Å²) in [4.78, 5) is 13.7. The van der Waals surface area contributed by atoms with Crippen molar-refractivity contribution >= 4 is 17.3 Å². The first-order chi connectivity index (χ1) is 10.9. The average molecular weight is 319 g/mol. The number of hydrogen-bond acceptors (Lipinski definition) is 1. The molecule has 0 N–H and O–H groups in total. The molecule has 0 radical (unpaired) electrons. The minimum absolute atomic E-state index is 0.00400. The molecule has 0 saturated heterocycles. The lowest BCUT2D eigenvalue weighted by atomic mass is 10.1. The van der Waals surface area contributed by atoms with Crippen LogP contribution >= 0.6 is 0 Å². The first kappa shape index (κ1) is 15.6. The maximum atomic E-state index is 12.8. The minimum atomic E-state index is -4.40. The Hall–Kier alpha value is -2.30. The molecule has 2 nitrogen and oxygen atoms in total. The Morgan fingerprint density at radius 2 is 1.78 bits per heavy atom. The summed E-state index contributed by atoms with van der Waals surface area (Å²) in [5.41, 5.74) is 2.10. The largest absolute Gasteiger partial charge is 0.416 e. The molecule has 0 atom stereocenters. The second-order valence-corrected chi connectivity index (χ2v) is 5.66. The van der Waals surface area contributed by atoms with Crippen molar-refractivity contribution in [3.05, 3.63) is 59.2 Å². The third-order valence-electron chi connectivity index (χ3n) is 3.97. The van der Waals surface area contributed by atoms with Gasteiger partial charge in [-0.2, -0.15) is 13.2 Å². The molecule has 1 aliphatic heterocycles. The van der Waals surface area contributed by atoms with E-state index in [1.807, 2.05) is 24.3 Å². The van der Waals surface area contributed by atoms with E-state index >= 15 is 0 Å². The van der Waals surface area contributed by atoms with E-state index in [1.54, 1.807) is 0 Å². The first-order valence-corrected chi connectivity index (χ1v) is 7.52. The van der Waals surface area contributed by atoms with E-state index in [9.17, 15) is 18.0 Å². The second-order valence-electron chi connectivity index (χ2n) is 5.66. The van der Waals surface area contributed by atoms with Crippen LogP contribution in [0.2, 0.25) is 0 Å². The van der Waals surface area contributed by atoms with Gasteiger partial charge in [-0.15, -0.1) is 0 Å². The molecule has 1 amide bonds. The quantitative estimate of drug-likeness (QED) is 0.789. The van der Waals surface area contributed by atoms with Gasteiger partial charge in [-0.1, -0.05) is 25.5 Å². The van der Waals surface area contributed by atoms with Gasteiger partial charge >= 0.3 is 6.18 Å². The lowest BCUT2D eigenvalue weighted by molar-refractivity contribution is -0.137. The third kappa shape index (κ3) is 2.96. The van der Waals surface area contributed by atoms with Crippen LogP contribution < -0.4 is 4.90 Å². The normalized spacial score (nSPS) is 14.3. The second kappa shape index (κ2) is 5.72. The molecule has 120 valence electrons. The monoisotopic (exact) mass is 319 g/mol. The summed E-state index contributed by atoms with van der Waals surface area (Å²) in [5, 5.41) is 0. The maximum Gasteiger partial charge on any atom is 0.416 e. The number of halogens is 3. The van der Waals surface area contributed by atoms with Crippen molar-refractivity contribution in [1.29, 1.82) is 0 Å². The van der Waals surface area contributed by atoms with Crippen molar-refractivity contribution in [2.24, 2.45) is 0 Å². The van der Waals surface area contributed by atoms with Gasteiger partial charge in [-0.3, -0.25) is 9.69 Å². The molecular formula is C18H16F3NO. The number of fused-ring (bicyclic) bond motifs is 1. The Kier molecular flexibility index (Phi) is 3.88. The molecule has 2 aromatic carbocycles. The molecule has 0 spiro atoms. The number of anilines is 2. The summed E-state index contributed by atoms with van der Waals surface area (Å²) in [6.45, 7) is 2.09. The zero-order chi connectivity index (χ0) is 16.6. The maximum absolute atomic E-state index is 12.8. The predicted octanol–water partition coefficient (Wildman–Crippen LogP) is 4.88. The Morgan fingerprint density at radius 3 is 2.39 bits per heavy atom. The molecule has 23 heavy (non-hydrogen) atoms. The molecule has 0 fully saturated rings. The Bertz CT molecular complexity index is 735. The van der Waals surface area contributed by atoms with Crippen LogP contribution in [-0.2, 0) is 23.8 Å². The SMILES string of the molecule is CCCc1ccc(N2C(=O)Cc3cc(C(F)(F)F)ccc32)cc1. The van der Waals surface area contributed by atoms with Gasteiger partial charge in [-0.05, 0) is 47.9 Å². The van der Waals surface area contributed by atoms with Gasteiger partial charge in [0.1, 0.15) is 0 Å². The summed E-state index contributed by atoms with van der Waals surface area (Å²) < 4.78 is 38.4. The molecular weight excluding hydrogens is 303 g/mol. The molecule has 1 aliphatic rings. The third-order valence-corrected chi connectivity index (χ3v) is 3.97. The van der Waals surface area contributed by atoms with Crippen molar-refractivity contribution in [2.45, 2.75) is 32.4 Å². The van der Waals surface area contributed by atoms with E-state index < -0.39 is 11.7 Å². The summed E-state index contributed by atoms with van der Waals surface area (Å²) in [6, 6.07) is 11.1. The average Bonchev–Trinajstić information content (AvgIpc) is 2.82. The molecule has 0 aromatic heterocycles.